The van der Waals surface area contributed by atoms with Gasteiger partial charge in [-0.1, -0.05) is 6.07 Å². The zero-order chi connectivity index (χ0) is 14.9. The topological polar surface area (TPSA) is 107 Å². The van der Waals surface area contributed by atoms with E-state index in [4.69, 9.17) is 5.11 Å². The van der Waals surface area contributed by atoms with Crippen LogP contribution in [-0.4, -0.2) is 52.0 Å². The summed E-state index contributed by atoms with van der Waals surface area (Å²) in [6.07, 6.45) is 0. The molecule has 0 radical (unpaired) electrons. The van der Waals surface area contributed by atoms with Crippen LogP contribution in [0.25, 0.3) is 0 Å². The smallest absolute Gasteiger partial charge is 0.328 e. The van der Waals surface area contributed by atoms with Crippen molar-refractivity contribution < 1.29 is 24.6 Å². The molecule has 2 amide bonds. The van der Waals surface area contributed by atoms with Gasteiger partial charge in [-0.25, -0.2) is 4.79 Å². The molecule has 1 atom stereocenters. The number of phenolic OH excluding ortho intramolecular Hbond substituents is 1. The van der Waals surface area contributed by atoms with Crippen LogP contribution in [0.2, 0.25) is 0 Å². The van der Waals surface area contributed by atoms with Crippen molar-refractivity contribution in [1.82, 2.24) is 10.2 Å². The molecule has 1 aromatic carbocycles. The largest absolute Gasteiger partial charge is 0.508 e. The molecule has 0 bridgehead atoms. The fourth-order valence-corrected chi connectivity index (χ4v) is 1.98. The molecule has 1 unspecified atom stereocenters. The minimum Gasteiger partial charge on any atom is -0.508 e. The maximum absolute atomic E-state index is 12.3. The molecule has 7 nitrogen and oxygen atoms in total. The summed E-state index contributed by atoms with van der Waals surface area (Å²) in [6, 6.07) is 3.21. The first-order valence-corrected chi connectivity index (χ1v) is 6.00. The highest BCUT2D eigenvalue weighted by Gasteiger charge is 2.35. The lowest BCUT2D eigenvalue weighted by atomic mass is 10.1. The van der Waals surface area contributed by atoms with Crippen LogP contribution in [0.15, 0.2) is 18.2 Å². The van der Waals surface area contributed by atoms with Crippen LogP contribution in [0.3, 0.4) is 0 Å². The van der Waals surface area contributed by atoms with Gasteiger partial charge in [0.25, 0.3) is 5.91 Å². The summed E-state index contributed by atoms with van der Waals surface area (Å²) in [5.74, 6) is -2.24. The van der Waals surface area contributed by atoms with Crippen molar-refractivity contribution >= 4 is 17.8 Å². The molecule has 0 aromatic heterocycles. The zero-order valence-electron chi connectivity index (χ0n) is 10.8. The molecule has 1 fully saturated rings. The van der Waals surface area contributed by atoms with Crippen molar-refractivity contribution in [1.29, 1.82) is 0 Å². The molecule has 106 valence electrons. The van der Waals surface area contributed by atoms with Gasteiger partial charge < -0.3 is 20.4 Å². The quantitative estimate of drug-likeness (QED) is 0.690. The molecule has 2 rings (SSSR count). The van der Waals surface area contributed by atoms with Gasteiger partial charge in [-0.3, -0.25) is 9.59 Å². The van der Waals surface area contributed by atoms with Gasteiger partial charge in [0, 0.05) is 12.1 Å². The van der Waals surface area contributed by atoms with Gasteiger partial charge in [0.15, 0.2) is 0 Å². The number of carbonyl (C=O) groups excluding carboxylic acids is 2. The van der Waals surface area contributed by atoms with E-state index in [1.807, 2.05) is 0 Å². The normalized spacial score (nSPS) is 18.6. The second-order valence-electron chi connectivity index (χ2n) is 4.59. The SMILES string of the molecule is Cc1ccc(C(=O)N2CC(=O)NCC2C(=O)O)cc1O. The Labute approximate surface area is 114 Å². The Balaban J connectivity index is 2.31. The Morgan fingerprint density at radius 2 is 2.10 bits per heavy atom. The summed E-state index contributed by atoms with van der Waals surface area (Å²) in [5.41, 5.74) is 0.752. The fourth-order valence-electron chi connectivity index (χ4n) is 1.98. The molecule has 1 saturated heterocycles. The minimum absolute atomic E-state index is 0.0517. The molecular weight excluding hydrogens is 264 g/mol. The molecular formula is C13H14N2O5. The van der Waals surface area contributed by atoms with Crippen molar-refractivity contribution in [2.45, 2.75) is 13.0 Å². The van der Waals surface area contributed by atoms with Gasteiger partial charge in [0.1, 0.15) is 18.3 Å². The number of hydrogen-bond donors (Lipinski definition) is 3. The third-order valence-corrected chi connectivity index (χ3v) is 3.18. The number of aliphatic carboxylic acids is 1. The number of nitrogens with zero attached hydrogens (tertiary/aromatic N) is 1. The average Bonchev–Trinajstić information content (AvgIpc) is 2.40. The van der Waals surface area contributed by atoms with Gasteiger partial charge >= 0.3 is 5.97 Å². The highest BCUT2D eigenvalue weighted by Crippen LogP contribution is 2.20. The molecule has 3 N–H and O–H groups in total. The lowest BCUT2D eigenvalue weighted by molar-refractivity contribution is -0.144. The van der Waals surface area contributed by atoms with Crippen LogP contribution in [0.1, 0.15) is 15.9 Å². The number of aromatic hydroxyl groups is 1. The number of benzene rings is 1. The number of nitrogens with one attached hydrogen (secondary N) is 1. The van der Waals surface area contributed by atoms with Crippen molar-refractivity contribution in [2.75, 3.05) is 13.1 Å². The van der Waals surface area contributed by atoms with E-state index in [-0.39, 0.29) is 24.4 Å². The first kappa shape index (κ1) is 13.9. The summed E-state index contributed by atoms with van der Waals surface area (Å²) in [7, 11) is 0. The highest BCUT2D eigenvalue weighted by molar-refractivity contribution is 6.00. The van der Waals surface area contributed by atoms with Crippen LogP contribution in [0, 0.1) is 6.92 Å². The summed E-state index contributed by atoms with van der Waals surface area (Å²) in [5, 5.41) is 21.1. The molecule has 1 aromatic rings. The number of hydrogen-bond acceptors (Lipinski definition) is 4. The van der Waals surface area contributed by atoms with Gasteiger partial charge in [-0.15, -0.1) is 0 Å². The van der Waals surface area contributed by atoms with E-state index in [9.17, 15) is 19.5 Å². The molecule has 20 heavy (non-hydrogen) atoms. The number of carboxylic acid groups (broad SMARTS) is 1. The summed E-state index contributed by atoms with van der Waals surface area (Å²) < 4.78 is 0. The number of carboxylic acids is 1. The Bertz CT molecular complexity index is 584. The molecule has 1 heterocycles. The van der Waals surface area contributed by atoms with Gasteiger partial charge in [-0.05, 0) is 24.6 Å². The van der Waals surface area contributed by atoms with E-state index in [2.05, 4.69) is 5.32 Å². The molecule has 0 saturated carbocycles. The van der Waals surface area contributed by atoms with Crippen LogP contribution in [0.4, 0.5) is 0 Å². The number of amides is 2. The lowest BCUT2D eigenvalue weighted by Gasteiger charge is -2.32. The second kappa shape index (κ2) is 5.20. The first-order chi connectivity index (χ1) is 9.40. The summed E-state index contributed by atoms with van der Waals surface area (Å²) >= 11 is 0. The number of rotatable bonds is 2. The minimum atomic E-state index is -1.19. The maximum atomic E-state index is 12.3. The standard InChI is InChI=1S/C13H14N2O5/c1-7-2-3-8(4-10(7)16)12(18)15-6-11(17)14-5-9(15)13(19)20/h2-4,9,16H,5-6H2,1H3,(H,14,17)(H,19,20). The summed E-state index contributed by atoms with van der Waals surface area (Å²) in [6.45, 7) is 1.24. The third-order valence-electron chi connectivity index (χ3n) is 3.18. The van der Waals surface area contributed by atoms with Crippen LogP contribution in [-0.2, 0) is 9.59 Å². The Kier molecular flexibility index (Phi) is 3.60. The fraction of sp³-hybridized carbons (Fsp3) is 0.308. The van der Waals surface area contributed by atoms with Crippen molar-refractivity contribution in [3.05, 3.63) is 29.3 Å². The van der Waals surface area contributed by atoms with Crippen molar-refractivity contribution in [3.8, 4) is 5.75 Å². The first-order valence-electron chi connectivity index (χ1n) is 6.00. The average molecular weight is 278 g/mol. The van der Waals surface area contributed by atoms with Crippen LogP contribution < -0.4 is 5.32 Å². The Hall–Kier alpha value is -2.57. The number of aryl methyl sites for hydroxylation is 1. The van der Waals surface area contributed by atoms with Gasteiger partial charge in [0.05, 0.1) is 0 Å². The van der Waals surface area contributed by atoms with E-state index >= 15 is 0 Å². The van der Waals surface area contributed by atoms with Crippen LogP contribution in [0.5, 0.6) is 5.75 Å². The molecule has 0 spiro atoms. The molecule has 1 aliphatic rings. The van der Waals surface area contributed by atoms with Gasteiger partial charge in [-0.2, -0.15) is 0 Å². The number of carbonyl (C=O) groups is 3. The molecule has 1 aliphatic heterocycles. The van der Waals surface area contributed by atoms with Crippen LogP contribution >= 0.6 is 0 Å². The van der Waals surface area contributed by atoms with E-state index in [1.54, 1.807) is 13.0 Å². The molecule has 0 aliphatic carbocycles. The number of phenols is 1. The second-order valence-corrected chi connectivity index (χ2v) is 4.59. The van der Waals surface area contributed by atoms with E-state index < -0.39 is 23.8 Å². The maximum Gasteiger partial charge on any atom is 0.328 e. The predicted molar refractivity (Wildman–Crippen MR) is 68.3 cm³/mol. The Morgan fingerprint density at radius 1 is 1.40 bits per heavy atom. The van der Waals surface area contributed by atoms with E-state index in [1.165, 1.54) is 12.1 Å². The van der Waals surface area contributed by atoms with Gasteiger partial charge in [0.2, 0.25) is 5.91 Å². The third kappa shape index (κ3) is 2.56. The van der Waals surface area contributed by atoms with E-state index in [0.29, 0.717) is 5.56 Å². The summed E-state index contributed by atoms with van der Waals surface area (Å²) in [4.78, 5) is 35.8. The zero-order valence-corrected chi connectivity index (χ0v) is 10.8. The van der Waals surface area contributed by atoms with Crippen molar-refractivity contribution in [2.24, 2.45) is 0 Å². The van der Waals surface area contributed by atoms with E-state index in [0.717, 1.165) is 4.90 Å². The highest BCUT2D eigenvalue weighted by atomic mass is 16.4. The Morgan fingerprint density at radius 3 is 2.70 bits per heavy atom. The molecule has 7 heteroatoms. The predicted octanol–water partition coefficient (Wildman–Crippen LogP) is -0.274. The lowest BCUT2D eigenvalue weighted by Crippen LogP contribution is -2.59. The number of piperazine rings is 1. The monoisotopic (exact) mass is 278 g/mol. The van der Waals surface area contributed by atoms with Crippen molar-refractivity contribution in [3.63, 3.8) is 0 Å².